The molecule has 0 bridgehead atoms. The Morgan fingerprint density at radius 2 is 1.96 bits per heavy atom. The molecule has 5 heteroatoms. The molecule has 0 saturated carbocycles. The number of carboxylic acid groups (broad SMARTS) is 1. The number of hydrogen-bond donors (Lipinski definition) is 2. The molecule has 0 aliphatic carbocycles. The number of nitrogens with one attached hydrogen (secondary N) is 1. The molecule has 2 N–H and O–H groups in total. The number of aromatic nitrogens is 1. The van der Waals surface area contributed by atoms with E-state index in [1.807, 2.05) is 43.3 Å². The third-order valence-corrected chi connectivity index (χ3v) is 4.41. The summed E-state index contributed by atoms with van der Waals surface area (Å²) < 4.78 is 6.31. The van der Waals surface area contributed by atoms with E-state index in [2.05, 4.69) is 20.9 Å². The Balaban J connectivity index is 2.29. The van der Waals surface area contributed by atoms with Crippen LogP contribution in [-0.4, -0.2) is 23.2 Å². The summed E-state index contributed by atoms with van der Waals surface area (Å²) in [4.78, 5) is 14.7. The standard InChI is InChI=1S/C18H16BrNO3/c1-10-7-13(23-2)8-14-15(9-16(21)22)18(20-17(10)14)11-3-5-12(19)6-4-11/h3-8,20H,9H2,1-2H3,(H,21,22). The molecule has 3 aromatic rings. The zero-order valence-electron chi connectivity index (χ0n) is 12.8. The summed E-state index contributed by atoms with van der Waals surface area (Å²) in [6.07, 6.45) is -0.0436. The lowest BCUT2D eigenvalue weighted by molar-refractivity contribution is -0.136. The van der Waals surface area contributed by atoms with Gasteiger partial charge in [0.15, 0.2) is 0 Å². The number of methoxy groups -OCH3 is 1. The van der Waals surface area contributed by atoms with Crippen LogP contribution in [0.15, 0.2) is 40.9 Å². The summed E-state index contributed by atoms with van der Waals surface area (Å²) in [5.74, 6) is -0.132. The van der Waals surface area contributed by atoms with E-state index in [9.17, 15) is 9.90 Å². The van der Waals surface area contributed by atoms with Crippen molar-refractivity contribution < 1.29 is 14.6 Å². The monoisotopic (exact) mass is 373 g/mol. The first-order valence-electron chi connectivity index (χ1n) is 7.16. The summed E-state index contributed by atoms with van der Waals surface area (Å²) in [5, 5.41) is 10.2. The van der Waals surface area contributed by atoms with Crippen LogP contribution >= 0.6 is 15.9 Å². The van der Waals surface area contributed by atoms with Crippen LogP contribution in [0.4, 0.5) is 0 Å². The van der Waals surface area contributed by atoms with Crippen molar-refractivity contribution in [3.05, 3.63) is 52.0 Å². The third kappa shape index (κ3) is 2.97. The molecule has 0 amide bonds. The van der Waals surface area contributed by atoms with Crippen molar-refractivity contribution in [2.24, 2.45) is 0 Å². The number of fused-ring (bicyclic) bond motifs is 1. The Morgan fingerprint density at radius 1 is 1.26 bits per heavy atom. The van der Waals surface area contributed by atoms with E-state index in [1.54, 1.807) is 7.11 Å². The maximum Gasteiger partial charge on any atom is 0.307 e. The Bertz CT molecular complexity index is 881. The first-order valence-corrected chi connectivity index (χ1v) is 7.96. The predicted octanol–water partition coefficient (Wildman–Crippen LogP) is 4.54. The minimum Gasteiger partial charge on any atom is -0.497 e. The molecule has 4 nitrogen and oxygen atoms in total. The number of benzene rings is 2. The van der Waals surface area contributed by atoms with Gasteiger partial charge < -0.3 is 14.8 Å². The lowest BCUT2D eigenvalue weighted by atomic mass is 10.0. The van der Waals surface area contributed by atoms with E-state index >= 15 is 0 Å². The van der Waals surface area contributed by atoms with Gasteiger partial charge in [0.2, 0.25) is 0 Å². The van der Waals surface area contributed by atoms with Gasteiger partial charge in [-0.2, -0.15) is 0 Å². The average Bonchev–Trinajstić information content (AvgIpc) is 2.86. The zero-order valence-corrected chi connectivity index (χ0v) is 14.4. The van der Waals surface area contributed by atoms with Crippen LogP contribution in [0, 0.1) is 6.92 Å². The van der Waals surface area contributed by atoms with Gasteiger partial charge in [-0.3, -0.25) is 4.79 Å². The molecule has 0 radical (unpaired) electrons. The molecule has 2 aromatic carbocycles. The Labute approximate surface area is 142 Å². The number of aliphatic carboxylic acids is 1. The minimum atomic E-state index is -0.857. The molecule has 118 valence electrons. The number of halogens is 1. The van der Waals surface area contributed by atoms with Crippen molar-refractivity contribution in [1.29, 1.82) is 0 Å². The minimum absolute atomic E-state index is 0.0436. The van der Waals surface area contributed by atoms with Crippen molar-refractivity contribution in [1.82, 2.24) is 4.98 Å². The van der Waals surface area contributed by atoms with Gasteiger partial charge in [-0.15, -0.1) is 0 Å². The molecule has 0 saturated heterocycles. The number of hydrogen-bond acceptors (Lipinski definition) is 2. The van der Waals surface area contributed by atoms with Crippen LogP contribution < -0.4 is 4.74 Å². The first-order chi connectivity index (χ1) is 11.0. The van der Waals surface area contributed by atoms with E-state index in [0.29, 0.717) is 0 Å². The van der Waals surface area contributed by atoms with Gasteiger partial charge >= 0.3 is 5.97 Å². The largest absolute Gasteiger partial charge is 0.497 e. The van der Waals surface area contributed by atoms with Crippen molar-refractivity contribution in [2.75, 3.05) is 7.11 Å². The molecule has 0 spiro atoms. The molecular weight excluding hydrogens is 358 g/mol. The molecule has 1 aromatic heterocycles. The van der Waals surface area contributed by atoms with Crippen molar-refractivity contribution in [3.8, 4) is 17.0 Å². The van der Waals surface area contributed by atoms with E-state index in [1.165, 1.54) is 0 Å². The maximum atomic E-state index is 11.3. The van der Waals surface area contributed by atoms with Gasteiger partial charge in [0, 0.05) is 15.4 Å². The number of carbonyl (C=O) groups is 1. The summed E-state index contributed by atoms with van der Waals surface area (Å²) in [6, 6.07) is 11.6. The summed E-state index contributed by atoms with van der Waals surface area (Å²) in [5.41, 5.74) is 4.54. The average molecular weight is 374 g/mol. The first kappa shape index (κ1) is 15.6. The SMILES string of the molecule is COc1cc(C)c2[nH]c(-c3ccc(Br)cc3)c(CC(=O)O)c2c1. The molecule has 0 atom stereocenters. The number of aromatic amines is 1. The van der Waals surface area contributed by atoms with Crippen LogP contribution in [0.2, 0.25) is 0 Å². The summed E-state index contributed by atoms with van der Waals surface area (Å²) in [7, 11) is 1.61. The third-order valence-electron chi connectivity index (χ3n) is 3.88. The maximum absolute atomic E-state index is 11.3. The highest BCUT2D eigenvalue weighted by atomic mass is 79.9. The van der Waals surface area contributed by atoms with Gasteiger partial charge in [-0.1, -0.05) is 28.1 Å². The van der Waals surface area contributed by atoms with Crippen molar-refractivity contribution >= 4 is 32.8 Å². The number of aryl methyl sites for hydroxylation is 1. The van der Waals surface area contributed by atoms with E-state index < -0.39 is 5.97 Å². The summed E-state index contributed by atoms with van der Waals surface area (Å²) >= 11 is 3.42. The molecular formula is C18H16BrNO3. The van der Waals surface area contributed by atoms with Gasteiger partial charge in [0.05, 0.1) is 19.2 Å². The molecule has 0 aliphatic rings. The van der Waals surface area contributed by atoms with E-state index in [0.717, 1.165) is 43.5 Å². The fourth-order valence-corrected chi connectivity index (χ4v) is 3.07. The topological polar surface area (TPSA) is 62.3 Å². The highest BCUT2D eigenvalue weighted by Gasteiger charge is 2.18. The van der Waals surface area contributed by atoms with E-state index in [4.69, 9.17) is 4.74 Å². The van der Waals surface area contributed by atoms with Crippen LogP contribution in [0.5, 0.6) is 5.75 Å². The Hall–Kier alpha value is -2.27. The molecule has 23 heavy (non-hydrogen) atoms. The van der Waals surface area contributed by atoms with E-state index in [-0.39, 0.29) is 6.42 Å². The number of carboxylic acids is 1. The predicted molar refractivity (Wildman–Crippen MR) is 94.1 cm³/mol. The highest BCUT2D eigenvalue weighted by Crippen LogP contribution is 2.35. The molecule has 3 rings (SSSR count). The molecule has 0 fully saturated rings. The Morgan fingerprint density at radius 3 is 2.57 bits per heavy atom. The van der Waals surface area contributed by atoms with Gasteiger partial charge in [-0.25, -0.2) is 0 Å². The highest BCUT2D eigenvalue weighted by molar-refractivity contribution is 9.10. The molecule has 1 heterocycles. The van der Waals surface area contributed by atoms with Gasteiger partial charge in [-0.05, 0) is 47.9 Å². The fourth-order valence-electron chi connectivity index (χ4n) is 2.81. The zero-order chi connectivity index (χ0) is 16.6. The second-order valence-corrected chi connectivity index (χ2v) is 6.34. The van der Waals surface area contributed by atoms with Crippen LogP contribution in [0.25, 0.3) is 22.2 Å². The van der Waals surface area contributed by atoms with Gasteiger partial charge in [0.25, 0.3) is 0 Å². The van der Waals surface area contributed by atoms with Gasteiger partial charge in [0.1, 0.15) is 5.75 Å². The van der Waals surface area contributed by atoms with Crippen molar-refractivity contribution in [3.63, 3.8) is 0 Å². The van der Waals surface area contributed by atoms with Crippen LogP contribution in [0.3, 0.4) is 0 Å². The number of H-pyrrole nitrogens is 1. The molecule has 0 aliphatic heterocycles. The number of rotatable bonds is 4. The number of ether oxygens (including phenoxy) is 1. The van der Waals surface area contributed by atoms with Crippen molar-refractivity contribution in [2.45, 2.75) is 13.3 Å². The lowest BCUT2D eigenvalue weighted by Gasteiger charge is -2.05. The normalized spacial score (nSPS) is 10.9. The summed E-state index contributed by atoms with van der Waals surface area (Å²) in [6.45, 7) is 1.98. The second-order valence-electron chi connectivity index (χ2n) is 5.42. The van der Waals surface area contributed by atoms with Crippen LogP contribution in [-0.2, 0) is 11.2 Å². The molecule has 0 unspecified atom stereocenters. The Kier molecular flexibility index (Phi) is 4.13. The second kappa shape index (κ2) is 6.08. The smallest absolute Gasteiger partial charge is 0.307 e. The van der Waals surface area contributed by atoms with Crippen LogP contribution in [0.1, 0.15) is 11.1 Å². The lowest BCUT2D eigenvalue weighted by Crippen LogP contribution is -2.01. The quantitative estimate of drug-likeness (QED) is 0.705. The fraction of sp³-hybridized carbons (Fsp3) is 0.167.